The van der Waals surface area contributed by atoms with Crippen LogP contribution in [0.3, 0.4) is 0 Å². The van der Waals surface area contributed by atoms with Crippen LogP contribution in [-0.2, 0) is 6.42 Å². The van der Waals surface area contributed by atoms with Crippen LogP contribution >= 0.6 is 11.6 Å². The predicted molar refractivity (Wildman–Crippen MR) is 53.0 cm³/mol. The Labute approximate surface area is 82.3 Å². The molecular weight excluding hydrogens is 186 g/mol. The number of aryl methyl sites for hydroxylation is 1. The molecule has 13 heavy (non-hydrogen) atoms. The van der Waals surface area contributed by atoms with Crippen LogP contribution in [-0.4, -0.2) is 5.11 Å². The molecule has 0 radical (unpaired) electrons. The van der Waals surface area contributed by atoms with Gasteiger partial charge in [-0.25, -0.2) is 0 Å². The van der Waals surface area contributed by atoms with E-state index in [0.29, 0.717) is 5.02 Å². The van der Waals surface area contributed by atoms with Crippen molar-refractivity contribution >= 4 is 11.6 Å². The number of aromatic hydroxyl groups is 1. The van der Waals surface area contributed by atoms with E-state index in [1.165, 1.54) is 0 Å². The summed E-state index contributed by atoms with van der Waals surface area (Å²) >= 11 is 5.81. The molecule has 1 aliphatic carbocycles. The zero-order valence-electron chi connectivity index (χ0n) is 7.26. The molecule has 0 aromatic heterocycles. The van der Waals surface area contributed by atoms with Crippen molar-refractivity contribution in [2.24, 2.45) is 5.73 Å². The molecule has 0 unspecified atom stereocenters. The maximum absolute atomic E-state index is 9.39. The minimum absolute atomic E-state index is 0.0850. The van der Waals surface area contributed by atoms with Gasteiger partial charge in [-0.05, 0) is 42.5 Å². The first-order valence-corrected chi connectivity index (χ1v) is 4.83. The van der Waals surface area contributed by atoms with Crippen molar-refractivity contribution in [3.05, 3.63) is 28.3 Å². The second-order valence-corrected chi connectivity index (χ2v) is 3.91. The van der Waals surface area contributed by atoms with E-state index >= 15 is 0 Å². The van der Waals surface area contributed by atoms with Crippen LogP contribution in [0, 0.1) is 0 Å². The number of phenolic OH excluding ortho intramolecular Hbond substituents is 1. The van der Waals surface area contributed by atoms with E-state index in [-0.39, 0.29) is 11.8 Å². The molecule has 70 valence electrons. The van der Waals surface area contributed by atoms with Gasteiger partial charge in [-0.2, -0.15) is 0 Å². The Morgan fingerprint density at radius 3 is 3.00 bits per heavy atom. The van der Waals surface area contributed by atoms with Crippen LogP contribution in [0.1, 0.15) is 30.0 Å². The zero-order chi connectivity index (χ0) is 9.42. The molecule has 2 nitrogen and oxygen atoms in total. The summed E-state index contributed by atoms with van der Waals surface area (Å²) in [5, 5.41) is 9.79. The molecule has 1 aromatic carbocycles. The van der Waals surface area contributed by atoms with E-state index in [0.717, 1.165) is 30.4 Å². The van der Waals surface area contributed by atoms with Gasteiger partial charge < -0.3 is 10.8 Å². The van der Waals surface area contributed by atoms with E-state index in [4.69, 9.17) is 17.3 Å². The van der Waals surface area contributed by atoms with Gasteiger partial charge in [0.15, 0.2) is 0 Å². The Morgan fingerprint density at radius 1 is 1.46 bits per heavy atom. The van der Waals surface area contributed by atoms with Gasteiger partial charge in [-0.15, -0.1) is 0 Å². The van der Waals surface area contributed by atoms with Gasteiger partial charge in [0.1, 0.15) is 5.75 Å². The van der Waals surface area contributed by atoms with Crippen LogP contribution in [0.25, 0.3) is 0 Å². The van der Waals surface area contributed by atoms with E-state index in [2.05, 4.69) is 0 Å². The summed E-state index contributed by atoms with van der Waals surface area (Å²) in [4.78, 5) is 0. The van der Waals surface area contributed by atoms with E-state index < -0.39 is 0 Å². The molecule has 3 heteroatoms. The first-order chi connectivity index (χ1) is 6.18. The van der Waals surface area contributed by atoms with E-state index in [1.807, 2.05) is 0 Å². The highest BCUT2D eigenvalue weighted by atomic mass is 35.5. The lowest BCUT2D eigenvalue weighted by molar-refractivity contribution is 0.471. The third-order valence-corrected chi connectivity index (χ3v) is 2.87. The molecule has 0 spiro atoms. The van der Waals surface area contributed by atoms with Gasteiger partial charge in [0.05, 0.1) is 5.02 Å². The highest BCUT2D eigenvalue weighted by Gasteiger charge is 2.18. The molecule has 0 heterocycles. The Balaban J connectivity index is 2.52. The first kappa shape index (κ1) is 8.85. The minimum Gasteiger partial charge on any atom is -0.506 e. The maximum Gasteiger partial charge on any atom is 0.134 e. The molecule has 2 rings (SSSR count). The second-order valence-electron chi connectivity index (χ2n) is 3.50. The summed E-state index contributed by atoms with van der Waals surface area (Å²) in [7, 11) is 0. The van der Waals surface area contributed by atoms with Gasteiger partial charge in [-0.1, -0.05) is 11.6 Å². The lowest BCUT2D eigenvalue weighted by Crippen LogP contribution is -2.17. The number of nitrogens with two attached hydrogens (primary N) is 1. The fraction of sp³-hybridized carbons (Fsp3) is 0.400. The van der Waals surface area contributed by atoms with Crippen molar-refractivity contribution in [1.82, 2.24) is 0 Å². The molecule has 1 atom stereocenters. The lowest BCUT2D eigenvalue weighted by Gasteiger charge is -2.22. The number of rotatable bonds is 0. The predicted octanol–water partition coefficient (Wildman–Crippen LogP) is 2.38. The summed E-state index contributed by atoms with van der Waals surface area (Å²) in [6, 6.07) is 3.61. The third kappa shape index (κ3) is 1.52. The van der Waals surface area contributed by atoms with Gasteiger partial charge in [0.2, 0.25) is 0 Å². The summed E-state index contributed by atoms with van der Waals surface area (Å²) in [5.74, 6) is 0.162. The quantitative estimate of drug-likeness (QED) is 0.671. The summed E-state index contributed by atoms with van der Waals surface area (Å²) < 4.78 is 0. The van der Waals surface area contributed by atoms with Crippen LogP contribution in [0.4, 0.5) is 0 Å². The SMILES string of the molecule is N[C@H]1CCCc2cc(O)c(Cl)cc21. The average molecular weight is 198 g/mol. The number of phenols is 1. The Bertz CT molecular complexity index is 338. The largest absolute Gasteiger partial charge is 0.506 e. The maximum atomic E-state index is 9.39. The van der Waals surface area contributed by atoms with Gasteiger partial charge in [-0.3, -0.25) is 0 Å². The molecule has 1 aliphatic rings. The molecule has 0 fully saturated rings. The minimum atomic E-state index is 0.0850. The van der Waals surface area contributed by atoms with Crippen molar-refractivity contribution in [2.45, 2.75) is 25.3 Å². The number of hydrogen-bond donors (Lipinski definition) is 2. The van der Waals surface area contributed by atoms with Crippen molar-refractivity contribution in [3.63, 3.8) is 0 Å². The standard InChI is InChI=1S/C10H12ClNO/c11-8-5-7-6(4-10(8)13)2-1-3-9(7)12/h4-5,9,13H,1-3,12H2/t9-/m0/s1. The van der Waals surface area contributed by atoms with Gasteiger partial charge in [0, 0.05) is 6.04 Å². The zero-order valence-corrected chi connectivity index (χ0v) is 8.01. The fourth-order valence-electron chi connectivity index (χ4n) is 1.85. The second kappa shape index (κ2) is 3.20. The Hall–Kier alpha value is -0.730. The average Bonchev–Trinajstić information content (AvgIpc) is 2.09. The number of fused-ring (bicyclic) bond motifs is 1. The molecule has 0 aliphatic heterocycles. The smallest absolute Gasteiger partial charge is 0.134 e. The molecule has 0 saturated heterocycles. The monoisotopic (exact) mass is 197 g/mol. The topological polar surface area (TPSA) is 46.2 Å². The van der Waals surface area contributed by atoms with Crippen molar-refractivity contribution in [3.8, 4) is 5.75 Å². The highest BCUT2D eigenvalue weighted by molar-refractivity contribution is 6.32. The summed E-state index contributed by atoms with van der Waals surface area (Å²) in [6.45, 7) is 0. The normalized spacial score (nSPS) is 21.2. The van der Waals surface area contributed by atoms with Gasteiger partial charge in [0.25, 0.3) is 0 Å². The Kier molecular flexibility index (Phi) is 2.18. The highest BCUT2D eigenvalue weighted by Crippen LogP contribution is 2.34. The molecule has 0 amide bonds. The van der Waals surface area contributed by atoms with Crippen LogP contribution in [0.15, 0.2) is 12.1 Å². The molecule has 0 saturated carbocycles. The Morgan fingerprint density at radius 2 is 2.23 bits per heavy atom. The number of benzene rings is 1. The van der Waals surface area contributed by atoms with Crippen molar-refractivity contribution < 1.29 is 5.11 Å². The fourth-order valence-corrected chi connectivity index (χ4v) is 2.02. The van der Waals surface area contributed by atoms with Gasteiger partial charge >= 0.3 is 0 Å². The van der Waals surface area contributed by atoms with Crippen molar-refractivity contribution in [1.29, 1.82) is 0 Å². The number of hydrogen-bond acceptors (Lipinski definition) is 2. The summed E-state index contributed by atoms with van der Waals surface area (Å²) in [6.07, 6.45) is 3.09. The van der Waals surface area contributed by atoms with Crippen LogP contribution in [0.2, 0.25) is 5.02 Å². The summed E-state index contributed by atoms with van der Waals surface area (Å²) in [5.41, 5.74) is 8.16. The first-order valence-electron chi connectivity index (χ1n) is 4.45. The molecular formula is C10H12ClNO. The number of halogens is 1. The molecule has 3 N–H and O–H groups in total. The van der Waals surface area contributed by atoms with E-state index in [1.54, 1.807) is 12.1 Å². The molecule has 0 bridgehead atoms. The van der Waals surface area contributed by atoms with Crippen LogP contribution in [0.5, 0.6) is 5.75 Å². The molecule has 1 aromatic rings. The van der Waals surface area contributed by atoms with Crippen molar-refractivity contribution in [2.75, 3.05) is 0 Å². The van der Waals surface area contributed by atoms with E-state index in [9.17, 15) is 5.11 Å². The van der Waals surface area contributed by atoms with Crippen LogP contribution < -0.4 is 5.73 Å². The lowest BCUT2D eigenvalue weighted by atomic mass is 9.88. The third-order valence-electron chi connectivity index (χ3n) is 2.57.